The molecule has 0 fully saturated rings. The normalized spacial score (nSPS) is 14.4. The van der Waals surface area contributed by atoms with Crippen molar-refractivity contribution in [2.45, 2.75) is 50.2 Å². The number of benzene rings is 4. The molecule has 0 aromatic heterocycles. The lowest BCUT2D eigenvalue weighted by molar-refractivity contribution is -0.385. The van der Waals surface area contributed by atoms with Crippen molar-refractivity contribution >= 4 is 35.1 Å². The lowest BCUT2D eigenvalue weighted by atomic mass is 9.85. The summed E-state index contributed by atoms with van der Waals surface area (Å²) >= 11 is 0. The molecule has 0 heterocycles. The van der Waals surface area contributed by atoms with Gasteiger partial charge in [0.1, 0.15) is 0 Å². The van der Waals surface area contributed by atoms with Crippen molar-refractivity contribution in [1.82, 2.24) is 10.6 Å². The first-order chi connectivity index (χ1) is 25.6. The Balaban J connectivity index is 1.39. The number of hydrogen-bond acceptors (Lipinski definition) is 12. The molecule has 280 valence electrons. The number of esters is 2. The lowest BCUT2D eigenvalue weighted by Crippen LogP contribution is -2.52. The molecule has 4 rings (SSSR count). The minimum absolute atomic E-state index is 0.192. The van der Waals surface area contributed by atoms with E-state index in [0.717, 1.165) is 11.1 Å². The summed E-state index contributed by atoms with van der Waals surface area (Å²) in [5.41, 5.74) is 11.2. The molecule has 4 aromatic rings. The van der Waals surface area contributed by atoms with Crippen LogP contribution in [0, 0.1) is 20.2 Å². The largest absolute Gasteiger partial charge is 0.434 e. The van der Waals surface area contributed by atoms with Crippen LogP contribution >= 0.6 is 0 Å². The minimum atomic E-state index is -1.86. The van der Waals surface area contributed by atoms with E-state index in [0.29, 0.717) is 23.3 Å². The number of carbonyl (C=O) groups is 4. The maximum Gasteiger partial charge on any atom is 0.333 e. The highest BCUT2D eigenvalue weighted by Gasteiger charge is 2.34. The molecule has 0 spiro atoms. The molecule has 4 unspecified atom stereocenters. The van der Waals surface area contributed by atoms with Crippen molar-refractivity contribution in [2.24, 2.45) is 11.5 Å². The van der Waals surface area contributed by atoms with Gasteiger partial charge >= 0.3 is 11.9 Å². The van der Waals surface area contributed by atoms with Gasteiger partial charge in [-0.05, 0) is 48.9 Å². The first-order valence-corrected chi connectivity index (χ1v) is 16.4. The number of ether oxygens (including phenoxy) is 2. The fourth-order valence-corrected chi connectivity index (χ4v) is 5.63. The van der Waals surface area contributed by atoms with Gasteiger partial charge in [-0.15, -0.1) is 0 Å². The van der Waals surface area contributed by atoms with Crippen LogP contribution in [0.5, 0.6) is 0 Å². The van der Waals surface area contributed by atoms with Gasteiger partial charge in [-0.3, -0.25) is 41.3 Å². The molecule has 6 N–H and O–H groups in total. The predicted molar refractivity (Wildman–Crippen MR) is 195 cm³/mol. The predicted octanol–water partition coefficient (Wildman–Crippen LogP) is 3.56. The molecule has 0 saturated heterocycles. The molecular weight excluding hydrogens is 700 g/mol. The molecule has 0 aliphatic rings. The standard InChI is InChI=1S/C38H38N6O10/c1-37(23-25-11-5-3-6-12-25,27-15-9-17-29(21-27)43(49)50)41-35(47)33(39)53-31(45)19-20-32(46)54-34(40)36(48)42-38(2,24-26-13-7-4-8-14-26)28-16-10-18-30(22-28)44(51)52/h3-22,33-34H,23-24,39-40H2,1-2H3,(H,41,47)(H,42,48)/b20-19-. The second kappa shape index (κ2) is 17.6. The van der Waals surface area contributed by atoms with Crippen LogP contribution in [0.3, 0.4) is 0 Å². The zero-order valence-corrected chi connectivity index (χ0v) is 29.2. The quantitative estimate of drug-likeness (QED) is 0.0424. The van der Waals surface area contributed by atoms with Gasteiger partial charge in [-0.2, -0.15) is 0 Å². The van der Waals surface area contributed by atoms with E-state index in [1.165, 1.54) is 36.4 Å². The summed E-state index contributed by atoms with van der Waals surface area (Å²) in [4.78, 5) is 73.1. The van der Waals surface area contributed by atoms with Gasteiger partial charge < -0.3 is 20.1 Å². The maximum absolute atomic E-state index is 13.2. The smallest absolute Gasteiger partial charge is 0.333 e. The van der Waals surface area contributed by atoms with Gasteiger partial charge in [0.05, 0.1) is 20.9 Å². The average Bonchev–Trinajstić information content (AvgIpc) is 3.14. The molecule has 0 aliphatic heterocycles. The fraction of sp³-hybridized carbons (Fsp3) is 0.211. The third kappa shape index (κ3) is 10.9. The number of carbonyl (C=O) groups excluding carboxylic acids is 4. The number of nitro groups is 2. The van der Waals surface area contributed by atoms with Gasteiger partial charge in [0.15, 0.2) is 0 Å². The van der Waals surface area contributed by atoms with E-state index in [9.17, 15) is 39.4 Å². The molecule has 54 heavy (non-hydrogen) atoms. The Morgan fingerprint density at radius 2 is 0.981 bits per heavy atom. The Morgan fingerprint density at radius 1 is 0.630 bits per heavy atom. The van der Waals surface area contributed by atoms with Crippen molar-refractivity contribution in [2.75, 3.05) is 0 Å². The number of nitro benzene ring substituents is 2. The SMILES string of the molecule is CC(Cc1ccccc1)(NC(=O)C(N)OC(=O)/C=C\C(=O)OC(N)C(=O)NC(C)(Cc1ccccc1)c1cccc([N+](=O)[O-])c1)c1cccc([N+](=O)[O-])c1. The highest BCUT2D eigenvalue weighted by molar-refractivity contribution is 5.94. The fourth-order valence-electron chi connectivity index (χ4n) is 5.63. The second-order valence-electron chi connectivity index (χ2n) is 12.6. The molecule has 0 bridgehead atoms. The summed E-state index contributed by atoms with van der Waals surface area (Å²) in [6, 6.07) is 29.4. The van der Waals surface area contributed by atoms with E-state index in [2.05, 4.69) is 10.6 Å². The van der Waals surface area contributed by atoms with Crippen molar-refractivity contribution in [3.05, 3.63) is 164 Å². The van der Waals surface area contributed by atoms with E-state index < -0.39 is 57.1 Å². The number of non-ortho nitro benzene ring substituents is 2. The van der Waals surface area contributed by atoms with Crippen LogP contribution in [0.25, 0.3) is 0 Å². The number of hydrogen-bond donors (Lipinski definition) is 4. The van der Waals surface area contributed by atoms with Crippen LogP contribution < -0.4 is 22.1 Å². The number of rotatable bonds is 16. The molecule has 16 heteroatoms. The van der Waals surface area contributed by atoms with Gasteiger partial charge in [0.25, 0.3) is 23.2 Å². The lowest BCUT2D eigenvalue weighted by Gasteiger charge is -2.32. The van der Waals surface area contributed by atoms with Gasteiger partial charge in [-0.1, -0.05) is 84.9 Å². The van der Waals surface area contributed by atoms with Gasteiger partial charge in [0, 0.05) is 36.4 Å². The third-order valence-electron chi connectivity index (χ3n) is 8.35. The third-order valence-corrected chi connectivity index (χ3v) is 8.35. The van der Waals surface area contributed by atoms with Crippen LogP contribution in [0.15, 0.2) is 121 Å². The van der Waals surface area contributed by atoms with Crippen molar-refractivity contribution in [1.29, 1.82) is 0 Å². The summed E-state index contributed by atoms with van der Waals surface area (Å²) in [6.45, 7) is 3.27. The highest BCUT2D eigenvalue weighted by Crippen LogP contribution is 2.30. The van der Waals surface area contributed by atoms with Gasteiger partial charge in [-0.25, -0.2) is 9.59 Å². The number of nitrogens with zero attached hydrogens (tertiary/aromatic N) is 2. The summed E-state index contributed by atoms with van der Waals surface area (Å²) < 4.78 is 9.94. The van der Waals surface area contributed by atoms with E-state index >= 15 is 0 Å². The Hall–Kier alpha value is -6.78. The highest BCUT2D eigenvalue weighted by atomic mass is 16.6. The number of nitrogens with one attached hydrogen (secondary N) is 2. The van der Waals surface area contributed by atoms with E-state index in [-0.39, 0.29) is 24.2 Å². The molecule has 4 aromatic carbocycles. The first kappa shape index (κ1) is 40.0. The Kier molecular flexibility index (Phi) is 13.1. The topological polar surface area (TPSA) is 249 Å². The minimum Gasteiger partial charge on any atom is -0.434 e. The Morgan fingerprint density at radius 3 is 1.31 bits per heavy atom. The Labute approximate surface area is 309 Å². The van der Waals surface area contributed by atoms with E-state index in [1.807, 2.05) is 24.3 Å². The summed E-state index contributed by atoms with van der Waals surface area (Å²) in [5.74, 6) is -4.31. The summed E-state index contributed by atoms with van der Waals surface area (Å²) in [5, 5.41) is 28.3. The van der Waals surface area contributed by atoms with Crippen molar-refractivity contribution < 1.29 is 38.5 Å². The average molecular weight is 739 g/mol. The van der Waals surface area contributed by atoms with E-state index in [1.54, 1.807) is 62.4 Å². The summed E-state index contributed by atoms with van der Waals surface area (Å²) in [7, 11) is 0. The van der Waals surface area contributed by atoms with Crippen LogP contribution in [-0.4, -0.2) is 46.1 Å². The van der Waals surface area contributed by atoms with Gasteiger partial charge in [0.2, 0.25) is 12.5 Å². The summed E-state index contributed by atoms with van der Waals surface area (Å²) in [6.07, 6.45) is -2.11. The molecule has 0 aliphatic carbocycles. The van der Waals surface area contributed by atoms with Crippen LogP contribution in [0.2, 0.25) is 0 Å². The molecular formula is C38H38N6O10. The molecule has 4 atom stereocenters. The molecule has 2 amide bonds. The molecule has 16 nitrogen and oxygen atoms in total. The number of amides is 2. The molecule has 0 saturated carbocycles. The second-order valence-corrected chi connectivity index (χ2v) is 12.6. The van der Waals surface area contributed by atoms with Crippen LogP contribution in [-0.2, 0) is 52.6 Å². The van der Waals surface area contributed by atoms with Crippen LogP contribution in [0.4, 0.5) is 11.4 Å². The van der Waals surface area contributed by atoms with Crippen molar-refractivity contribution in [3.63, 3.8) is 0 Å². The number of nitrogens with two attached hydrogens (primary N) is 2. The van der Waals surface area contributed by atoms with E-state index in [4.69, 9.17) is 20.9 Å². The maximum atomic E-state index is 13.2. The zero-order chi connectivity index (χ0) is 39.5. The van der Waals surface area contributed by atoms with Crippen LogP contribution in [0.1, 0.15) is 36.1 Å². The molecule has 0 radical (unpaired) electrons. The zero-order valence-electron chi connectivity index (χ0n) is 29.2. The Bertz CT molecular complexity index is 1900. The first-order valence-electron chi connectivity index (χ1n) is 16.4. The monoisotopic (exact) mass is 738 g/mol. The van der Waals surface area contributed by atoms with Crippen molar-refractivity contribution in [3.8, 4) is 0 Å².